The molecule has 0 fully saturated rings. The van der Waals surface area contributed by atoms with E-state index in [1.54, 1.807) is 17.5 Å². The van der Waals surface area contributed by atoms with Gasteiger partial charge in [-0.25, -0.2) is 4.99 Å². The van der Waals surface area contributed by atoms with Gasteiger partial charge in [-0.2, -0.15) is 5.10 Å². The first-order valence-corrected chi connectivity index (χ1v) is 6.27. The Balaban J connectivity index is 0.00000162. The molecule has 2 heterocycles. The minimum atomic E-state index is 0. The van der Waals surface area contributed by atoms with Crippen LogP contribution in [0.2, 0.25) is 0 Å². The van der Waals surface area contributed by atoms with Crippen molar-refractivity contribution in [1.82, 2.24) is 15.5 Å². The molecule has 2 rings (SSSR count). The third-order valence-electron chi connectivity index (χ3n) is 2.24. The number of aromatic nitrogens is 2. The van der Waals surface area contributed by atoms with Gasteiger partial charge in [-0.05, 0) is 23.9 Å². The van der Waals surface area contributed by atoms with E-state index in [2.05, 4.69) is 38.0 Å². The smallest absolute Gasteiger partial charge is 0.188 e. The van der Waals surface area contributed by atoms with Gasteiger partial charge < -0.3 is 11.1 Å². The average molecular weight is 377 g/mol. The quantitative estimate of drug-likeness (QED) is 0.422. The summed E-state index contributed by atoms with van der Waals surface area (Å²) in [5.74, 6) is 0.469. The summed E-state index contributed by atoms with van der Waals surface area (Å²) >= 11 is 1.75. The van der Waals surface area contributed by atoms with Crippen molar-refractivity contribution < 1.29 is 0 Å². The molecule has 7 heteroatoms. The Morgan fingerprint density at radius 2 is 2.39 bits per heavy atom. The van der Waals surface area contributed by atoms with E-state index in [4.69, 9.17) is 5.73 Å². The molecule has 0 saturated carbocycles. The summed E-state index contributed by atoms with van der Waals surface area (Å²) in [7, 11) is 0. The molecule has 0 spiro atoms. The Morgan fingerprint density at radius 3 is 3.06 bits per heavy atom. The van der Waals surface area contributed by atoms with Gasteiger partial charge in [0.2, 0.25) is 0 Å². The van der Waals surface area contributed by atoms with Gasteiger partial charge in [0.25, 0.3) is 0 Å². The highest BCUT2D eigenvalue weighted by Gasteiger charge is 1.96. The predicted octanol–water partition coefficient (Wildman–Crippen LogP) is 1.74. The van der Waals surface area contributed by atoms with Crippen LogP contribution in [0.15, 0.2) is 34.8 Å². The van der Waals surface area contributed by atoms with Crippen LogP contribution in [0.4, 0.5) is 0 Å². The minimum Gasteiger partial charge on any atom is -0.370 e. The largest absolute Gasteiger partial charge is 0.370 e. The average Bonchev–Trinajstić information content (AvgIpc) is 2.99. The van der Waals surface area contributed by atoms with Crippen LogP contribution < -0.4 is 11.1 Å². The van der Waals surface area contributed by atoms with Crippen molar-refractivity contribution in [1.29, 1.82) is 0 Å². The molecule has 0 aliphatic carbocycles. The van der Waals surface area contributed by atoms with E-state index in [0.717, 1.165) is 18.7 Å². The highest BCUT2D eigenvalue weighted by molar-refractivity contribution is 14.0. The fourth-order valence-corrected chi connectivity index (χ4v) is 2.08. The van der Waals surface area contributed by atoms with Crippen LogP contribution in [-0.4, -0.2) is 22.7 Å². The lowest BCUT2D eigenvalue weighted by Crippen LogP contribution is -2.33. The molecule has 0 aliphatic heterocycles. The monoisotopic (exact) mass is 377 g/mol. The lowest BCUT2D eigenvalue weighted by atomic mass is 10.3. The van der Waals surface area contributed by atoms with Crippen LogP contribution in [0, 0.1) is 0 Å². The Labute approximate surface area is 127 Å². The second-order valence-electron chi connectivity index (χ2n) is 3.54. The first-order valence-electron chi connectivity index (χ1n) is 5.39. The van der Waals surface area contributed by atoms with E-state index in [0.29, 0.717) is 12.5 Å². The van der Waals surface area contributed by atoms with E-state index in [9.17, 15) is 0 Å². The number of hydrogen-bond donors (Lipinski definition) is 3. The molecule has 5 nitrogen and oxygen atoms in total. The van der Waals surface area contributed by atoms with Gasteiger partial charge >= 0.3 is 0 Å². The molecule has 0 bridgehead atoms. The van der Waals surface area contributed by atoms with Crippen LogP contribution in [0.25, 0.3) is 0 Å². The normalized spacial score (nSPS) is 11.0. The van der Waals surface area contributed by atoms with Crippen LogP contribution in [0.5, 0.6) is 0 Å². The number of nitrogens with one attached hydrogen (secondary N) is 2. The molecule has 2 aromatic rings. The summed E-state index contributed by atoms with van der Waals surface area (Å²) in [4.78, 5) is 5.55. The summed E-state index contributed by atoms with van der Waals surface area (Å²) in [6.45, 7) is 1.33. The van der Waals surface area contributed by atoms with Crippen molar-refractivity contribution in [2.75, 3.05) is 6.54 Å². The number of nitrogens with zero attached hydrogens (tertiary/aromatic N) is 2. The molecular weight excluding hydrogens is 361 g/mol. The molecular formula is C11H16IN5S. The maximum atomic E-state index is 5.74. The highest BCUT2D eigenvalue weighted by atomic mass is 127. The van der Waals surface area contributed by atoms with Gasteiger partial charge in [-0.1, -0.05) is 6.07 Å². The van der Waals surface area contributed by atoms with Gasteiger partial charge in [-0.15, -0.1) is 35.3 Å². The number of aliphatic imine (C=N–C) groups is 1. The number of aromatic amines is 1. The number of H-pyrrole nitrogens is 1. The molecule has 0 saturated heterocycles. The number of guanidine groups is 1. The van der Waals surface area contributed by atoms with Crippen LogP contribution >= 0.6 is 35.3 Å². The Hall–Kier alpha value is -1.09. The van der Waals surface area contributed by atoms with E-state index in [1.807, 2.05) is 6.07 Å². The Bertz CT molecular complexity index is 452. The van der Waals surface area contributed by atoms with Gasteiger partial charge in [0.15, 0.2) is 5.96 Å². The van der Waals surface area contributed by atoms with Gasteiger partial charge in [0, 0.05) is 17.6 Å². The van der Waals surface area contributed by atoms with Crippen molar-refractivity contribution >= 4 is 41.3 Å². The van der Waals surface area contributed by atoms with Crippen molar-refractivity contribution in [2.45, 2.75) is 13.0 Å². The number of hydrogen-bond acceptors (Lipinski definition) is 3. The zero-order valence-electron chi connectivity index (χ0n) is 9.80. The standard InChI is InChI=1S/C11H15N5S.HI/c12-11(14-8-9-3-6-15-16-9)13-5-4-10-2-1-7-17-10;/h1-3,6-7H,4-5,8H2,(H,15,16)(H3,12,13,14);1H. The first-order chi connectivity index (χ1) is 8.34. The lowest BCUT2D eigenvalue weighted by molar-refractivity contribution is 0.851. The van der Waals surface area contributed by atoms with Crippen LogP contribution in [-0.2, 0) is 13.0 Å². The van der Waals surface area contributed by atoms with Gasteiger partial charge in [-0.3, -0.25) is 5.10 Å². The zero-order chi connectivity index (χ0) is 11.9. The molecule has 0 amide bonds. The van der Waals surface area contributed by atoms with Crippen molar-refractivity contribution in [2.24, 2.45) is 10.7 Å². The highest BCUT2D eigenvalue weighted by Crippen LogP contribution is 2.07. The van der Waals surface area contributed by atoms with E-state index < -0.39 is 0 Å². The van der Waals surface area contributed by atoms with Crippen molar-refractivity contribution in [3.63, 3.8) is 0 Å². The molecule has 2 aromatic heterocycles. The fraction of sp³-hybridized carbons (Fsp3) is 0.273. The number of thiophene rings is 1. The summed E-state index contributed by atoms with van der Waals surface area (Å²) in [6.07, 6.45) is 2.67. The van der Waals surface area contributed by atoms with E-state index >= 15 is 0 Å². The summed E-state index contributed by atoms with van der Waals surface area (Å²) in [5, 5.41) is 11.8. The topological polar surface area (TPSA) is 79.1 Å². The lowest BCUT2D eigenvalue weighted by Gasteiger charge is -2.03. The fourth-order valence-electron chi connectivity index (χ4n) is 1.37. The zero-order valence-corrected chi connectivity index (χ0v) is 12.9. The third kappa shape index (κ3) is 5.05. The Morgan fingerprint density at radius 1 is 1.50 bits per heavy atom. The number of nitrogens with two attached hydrogens (primary N) is 1. The first kappa shape index (κ1) is 15.0. The summed E-state index contributed by atoms with van der Waals surface area (Å²) in [5.41, 5.74) is 6.69. The SMILES string of the molecule is I.NC(=NCc1ccn[nH]1)NCCc1cccs1. The molecule has 4 N–H and O–H groups in total. The van der Waals surface area contributed by atoms with Gasteiger partial charge in [0.05, 0.1) is 12.2 Å². The molecule has 0 aromatic carbocycles. The van der Waals surface area contributed by atoms with Crippen molar-refractivity contribution in [3.05, 3.63) is 40.3 Å². The molecule has 98 valence electrons. The predicted molar refractivity (Wildman–Crippen MR) is 85.4 cm³/mol. The molecule has 0 atom stereocenters. The van der Waals surface area contributed by atoms with Crippen molar-refractivity contribution in [3.8, 4) is 0 Å². The molecule has 0 radical (unpaired) electrons. The third-order valence-corrected chi connectivity index (χ3v) is 3.17. The maximum Gasteiger partial charge on any atom is 0.188 e. The molecule has 0 aliphatic rings. The maximum absolute atomic E-state index is 5.74. The molecule has 18 heavy (non-hydrogen) atoms. The van der Waals surface area contributed by atoms with Crippen LogP contribution in [0.3, 0.4) is 0 Å². The summed E-state index contributed by atoms with van der Waals surface area (Å²) in [6, 6.07) is 6.04. The van der Waals surface area contributed by atoms with Gasteiger partial charge in [0.1, 0.15) is 0 Å². The second kappa shape index (κ2) is 8.09. The minimum absolute atomic E-state index is 0. The number of rotatable bonds is 5. The molecule has 0 unspecified atom stereocenters. The van der Waals surface area contributed by atoms with E-state index in [1.165, 1.54) is 4.88 Å². The Kier molecular flexibility index (Phi) is 6.73. The second-order valence-corrected chi connectivity index (χ2v) is 4.57. The van der Waals surface area contributed by atoms with Crippen LogP contribution in [0.1, 0.15) is 10.6 Å². The number of halogens is 1. The summed E-state index contributed by atoms with van der Waals surface area (Å²) < 4.78 is 0. The van der Waals surface area contributed by atoms with E-state index in [-0.39, 0.29) is 24.0 Å².